The summed E-state index contributed by atoms with van der Waals surface area (Å²) in [7, 11) is 0. The molecule has 0 unspecified atom stereocenters. The quantitative estimate of drug-likeness (QED) is 0.783. The van der Waals surface area contributed by atoms with Gasteiger partial charge in [0.25, 0.3) is 0 Å². The van der Waals surface area contributed by atoms with Gasteiger partial charge in [0.05, 0.1) is 5.56 Å². The van der Waals surface area contributed by atoms with Crippen LogP contribution in [-0.4, -0.2) is 10.9 Å². The summed E-state index contributed by atoms with van der Waals surface area (Å²) >= 11 is 3.42. The fraction of sp³-hybridized carbons (Fsp3) is 0.0909. The standard InChI is InChI=1S/C11H8BrNO2/c1-7(14)11-9(6-15-13-11)8-4-2-3-5-10(8)12/h2-6H,1H3. The van der Waals surface area contributed by atoms with Crippen LogP contribution < -0.4 is 0 Å². The highest BCUT2D eigenvalue weighted by Crippen LogP contribution is 2.30. The molecule has 0 aliphatic rings. The molecule has 1 aromatic heterocycles. The number of nitrogens with zero attached hydrogens (tertiary/aromatic N) is 1. The first-order chi connectivity index (χ1) is 7.20. The lowest BCUT2D eigenvalue weighted by molar-refractivity contribution is 0.101. The van der Waals surface area contributed by atoms with E-state index in [4.69, 9.17) is 4.52 Å². The van der Waals surface area contributed by atoms with Gasteiger partial charge < -0.3 is 4.52 Å². The zero-order valence-corrected chi connectivity index (χ0v) is 9.61. The minimum absolute atomic E-state index is 0.102. The van der Waals surface area contributed by atoms with Gasteiger partial charge >= 0.3 is 0 Å². The fourth-order valence-electron chi connectivity index (χ4n) is 1.36. The van der Waals surface area contributed by atoms with E-state index in [1.54, 1.807) is 0 Å². The van der Waals surface area contributed by atoms with Crippen LogP contribution in [0.15, 0.2) is 39.5 Å². The first kappa shape index (κ1) is 10.1. The lowest BCUT2D eigenvalue weighted by atomic mass is 10.1. The molecule has 0 spiro atoms. The molecule has 0 aliphatic carbocycles. The van der Waals surface area contributed by atoms with Crippen molar-refractivity contribution in [2.45, 2.75) is 6.92 Å². The number of halogens is 1. The van der Waals surface area contributed by atoms with E-state index in [1.165, 1.54) is 13.2 Å². The van der Waals surface area contributed by atoms with Crippen LogP contribution >= 0.6 is 15.9 Å². The number of hydrogen-bond acceptors (Lipinski definition) is 3. The molecule has 4 heteroatoms. The Morgan fingerprint density at radius 3 is 2.73 bits per heavy atom. The van der Waals surface area contributed by atoms with Crippen molar-refractivity contribution in [3.8, 4) is 11.1 Å². The highest BCUT2D eigenvalue weighted by molar-refractivity contribution is 9.10. The number of benzene rings is 1. The lowest BCUT2D eigenvalue weighted by Crippen LogP contribution is -1.94. The highest BCUT2D eigenvalue weighted by atomic mass is 79.9. The van der Waals surface area contributed by atoms with Crippen molar-refractivity contribution in [2.24, 2.45) is 0 Å². The van der Waals surface area contributed by atoms with Crippen molar-refractivity contribution < 1.29 is 9.32 Å². The van der Waals surface area contributed by atoms with E-state index in [0.29, 0.717) is 5.69 Å². The zero-order valence-electron chi connectivity index (χ0n) is 8.03. The molecule has 0 fully saturated rings. The highest BCUT2D eigenvalue weighted by Gasteiger charge is 2.15. The summed E-state index contributed by atoms with van der Waals surface area (Å²) in [6, 6.07) is 7.63. The SMILES string of the molecule is CC(=O)c1nocc1-c1ccccc1Br. The maximum atomic E-state index is 11.3. The molecule has 0 radical (unpaired) electrons. The van der Waals surface area contributed by atoms with Gasteiger partial charge in [0, 0.05) is 17.0 Å². The summed E-state index contributed by atoms with van der Waals surface area (Å²) in [6.45, 7) is 1.47. The van der Waals surface area contributed by atoms with Gasteiger partial charge in [0.1, 0.15) is 6.26 Å². The number of hydrogen-bond donors (Lipinski definition) is 0. The second-order valence-electron chi connectivity index (χ2n) is 3.11. The fourth-order valence-corrected chi connectivity index (χ4v) is 1.86. The lowest BCUT2D eigenvalue weighted by Gasteiger charge is -2.01. The minimum Gasteiger partial charge on any atom is -0.363 e. The first-order valence-corrected chi connectivity index (χ1v) is 5.19. The number of carbonyl (C=O) groups excluding carboxylic acids is 1. The third-order valence-electron chi connectivity index (χ3n) is 2.07. The zero-order chi connectivity index (χ0) is 10.8. The van der Waals surface area contributed by atoms with Crippen LogP contribution in [0.3, 0.4) is 0 Å². The summed E-state index contributed by atoms with van der Waals surface area (Å²) in [5, 5.41) is 3.69. The normalized spacial score (nSPS) is 10.3. The Balaban J connectivity index is 2.59. The van der Waals surface area contributed by atoms with Crippen LogP contribution in [0.4, 0.5) is 0 Å². The molecular formula is C11H8BrNO2. The number of rotatable bonds is 2. The molecule has 76 valence electrons. The molecule has 0 atom stereocenters. The molecule has 1 heterocycles. The summed E-state index contributed by atoms with van der Waals surface area (Å²) in [5.74, 6) is -0.102. The average Bonchev–Trinajstić information content (AvgIpc) is 2.67. The van der Waals surface area contributed by atoms with Crippen LogP contribution in [0, 0.1) is 0 Å². The molecule has 0 amide bonds. The first-order valence-electron chi connectivity index (χ1n) is 4.40. The predicted molar refractivity (Wildman–Crippen MR) is 59.6 cm³/mol. The van der Waals surface area contributed by atoms with E-state index in [0.717, 1.165) is 15.6 Å². The van der Waals surface area contributed by atoms with Gasteiger partial charge in [-0.25, -0.2) is 0 Å². The summed E-state index contributed by atoms with van der Waals surface area (Å²) in [4.78, 5) is 11.3. The second kappa shape index (κ2) is 3.98. The van der Waals surface area contributed by atoms with Crippen molar-refractivity contribution in [2.75, 3.05) is 0 Å². The summed E-state index contributed by atoms with van der Waals surface area (Å²) in [5.41, 5.74) is 1.99. The maximum Gasteiger partial charge on any atom is 0.182 e. The van der Waals surface area contributed by atoms with E-state index in [-0.39, 0.29) is 5.78 Å². The van der Waals surface area contributed by atoms with E-state index in [1.807, 2.05) is 24.3 Å². The van der Waals surface area contributed by atoms with Gasteiger partial charge in [-0.15, -0.1) is 0 Å². The van der Waals surface area contributed by atoms with Crippen molar-refractivity contribution in [1.82, 2.24) is 5.16 Å². The van der Waals surface area contributed by atoms with Gasteiger partial charge in [-0.2, -0.15) is 0 Å². The monoisotopic (exact) mass is 265 g/mol. The molecule has 0 saturated carbocycles. The van der Waals surface area contributed by atoms with Gasteiger partial charge in [-0.3, -0.25) is 4.79 Å². The Bertz CT molecular complexity index is 505. The molecule has 15 heavy (non-hydrogen) atoms. The summed E-state index contributed by atoms with van der Waals surface area (Å²) < 4.78 is 5.74. The van der Waals surface area contributed by atoms with Gasteiger partial charge in [-0.05, 0) is 6.07 Å². The van der Waals surface area contributed by atoms with Crippen LogP contribution in [0.5, 0.6) is 0 Å². The minimum atomic E-state index is -0.102. The molecule has 0 aliphatic heterocycles. The van der Waals surface area contributed by atoms with Gasteiger partial charge in [-0.1, -0.05) is 39.3 Å². The molecule has 2 aromatic rings. The Morgan fingerprint density at radius 1 is 1.33 bits per heavy atom. The molecule has 0 saturated heterocycles. The Hall–Kier alpha value is -1.42. The Morgan fingerprint density at radius 2 is 2.07 bits per heavy atom. The smallest absolute Gasteiger partial charge is 0.182 e. The molecule has 0 bridgehead atoms. The van der Waals surface area contributed by atoms with E-state index >= 15 is 0 Å². The van der Waals surface area contributed by atoms with Crippen molar-refractivity contribution in [3.05, 3.63) is 40.7 Å². The van der Waals surface area contributed by atoms with Crippen LogP contribution in [-0.2, 0) is 0 Å². The van der Waals surface area contributed by atoms with Gasteiger partial charge in [0.2, 0.25) is 0 Å². The van der Waals surface area contributed by atoms with Crippen LogP contribution in [0.2, 0.25) is 0 Å². The van der Waals surface area contributed by atoms with E-state index in [2.05, 4.69) is 21.1 Å². The number of ketones is 1. The Labute approximate surface area is 95.2 Å². The molecular weight excluding hydrogens is 258 g/mol. The van der Waals surface area contributed by atoms with Crippen molar-refractivity contribution >= 4 is 21.7 Å². The summed E-state index contributed by atoms with van der Waals surface area (Å²) in [6.07, 6.45) is 1.48. The third kappa shape index (κ3) is 1.85. The van der Waals surface area contributed by atoms with Crippen LogP contribution in [0.1, 0.15) is 17.4 Å². The van der Waals surface area contributed by atoms with Crippen molar-refractivity contribution in [3.63, 3.8) is 0 Å². The molecule has 1 aromatic carbocycles. The number of aromatic nitrogens is 1. The molecule has 2 rings (SSSR count). The number of carbonyl (C=O) groups is 1. The largest absolute Gasteiger partial charge is 0.363 e. The topological polar surface area (TPSA) is 43.1 Å². The number of Topliss-reactive ketones (excluding diaryl/α,β-unsaturated/α-hetero) is 1. The van der Waals surface area contributed by atoms with E-state index in [9.17, 15) is 4.79 Å². The van der Waals surface area contributed by atoms with Crippen molar-refractivity contribution in [1.29, 1.82) is 0 Å². The third-order valence-corrected chi connectivity index (χ3v) is 2.76. The van der Waals surface area contributed by atoms with Gasteiger partial charge in [0.15, 0.2) is 11.5 Å². The average molecular weight is 266 g/mol. The Kier molecular flexibility index (Phi) is 2.68. The predicted octanol–water partition coefficient (Wildman–Crippen LogP) is 3.31. The maximum absolute atomic E-state index is 11.3. The van der Waals surface area contributed by atoms with Crippen LogP contribution in [0.25, 0.3) is 11.1 Å². The molecule has 3 nitrogen and oxygen atoms in total. The second-order valence-corrected chi connectivity index (χ2v) is 3.97. The van der Waals surface area contributed by atoms with E-state index < -0.39 is 0 Å². The molecule has 0 N–H and O–H groups in total.